The van der Waals surface area contributed by atoms with Crippen molar-refractivity contribution in [3.8, 4) is 0 Å². The van der Waals surface area contributed by atoms with Crippen molar-refractivity contribution in [1.82, 2.24) is 4.90 Å². The number of amides is 1. The first-order valence-electron chi connectivity index (χ1n) is 6.91. The van der Waals surface area contributed by atoms with E-state index in [1.165, 1.54) is 25.7 Å². The van der Waals surface area contributed by atoms with E-state index in [0.29, 0.717) is 25.3 Å². The van der Waals surface area contributed by atoms with Gasteiger partial charge in [-0.05, 0) is 38.0 Å². The van der Waals surface area contributed by atoms with Crippen LogP contribution in [-0.2, 0) is 4.79 Å². The Bertz CT molecular complexity index is 240. The van der Waals surface area contributed by atoms with Gasteiger partial charge >= 0.3 is 0 Å². The maximum atomic E-state index is 12.0. The lowest BCUT2D eigenvalue weighted by atomic mass is 9.80. The molecule has 1 amide bonds. The first kappa shape index (κ1) is 14.5. The van der Waals surface area contributed by atoms with Gasteiger partial charge in [0.05, 0.1) is 6.10 Å². The monoisotopic (exact) mass is 241 g/mol. The van der Waals surface area contributed by atoms with Crippen LogP contribution in [0.2, 0.25) is 0 Å². The lowest BCUT2D eigenvalue weighted by molar-refractivity contribution is -0.131. The summed E-state index contributed by atoms with van der Waals surface area (Å²) in [4.78, 5) is 13.7. The smallest absolute Gasteiger partial charge is 0.222 e. The first-order valence-corrected chi connectivity index (χ1v) is 6.91. The van der Waals surface area contributed by atoms with Gasteiger partial charge in [-0.2, -0.15) is 0 Å². The van der Waals surface area contributed by atoms with Gasteiger partial charge in [-0.3, -0.25) is 4.79 Å². The van der Waals surface area contributed by atoms with Crippen LogP contribution in [0.15, 0.2) is 0 Å². The maximum absolute atomic E-state index is 12.0. The van der Waals surface area contributed by atoms with Crippen molar-refractivity contribution in [3.05, 3.63) is 0 Å². The third-order valence-corrected chi connectivity index (χ3v) is 3.82. The van der Waals surface area contributed by atoms with Gasteiger partial charge in [-0.25, -0.2) is 0 Å². The number of aliphatic hydroxyl groups excluding tert-OH is 1. The molecule has 0 saturated heterocycles. The van der Waals surface area contributed by atoms with E-state index in [0.717, 1.165) is 5.92 Å². The van der Waals surface area contributed by atoms with Crippen molar-refractivity contribution in [2.75, 3.05) is 13.6 Å². The van der Waals surface area contributed by atoms with Crippen LogP contribution in [0.3, 0.4) is 0 Å². The van der Waals surface area contributed by atoms with E-state index in [9.17, 15) is 9.90 Å². The highest BCUT2D eigenvalue weighted by Crippen LogP contribution is 2.30. The van der Waals surface area contributed by atoms with Crippen molar-refractivity contribution in [1.29, 1.82) is 0 Å². The molecule has 3 unspecified atom stereocenters. The molecule has 0 radical (unpaired) electrons. The number of carbonyl (C=O) groups excluding carboxylic acids is 1. The summed E-state index contributed by atoms with van der Waals surface area (Å²) < 4.78 is 0. The molecule has 100 valence electrons. The molecule has 0 aromatic heterocycles. The molecule has 3 atom stereocenters. The topological polar surface area (TPSA) is 40.5 Å². The predicted molar refractivity (Wildman–Crippen MR) is 69.7 cm³/mol. The fourth-order valence-electron chi connectivity index (χ4n) is 2.65. The van der Waals surface area contributed by atoms with Gasteiger partial charge in [-0.1, -0.05) is 19.8 Å². The quantitative estimate of drug-likeness (QED) is 0.803. The normalized spacial score (nSPS) is 26.6. The number of rotatable bonds is 5. The van der Waals surface area contributed by atoms with E-state index >= 15 is 0 Å². The molecule has 1 aliphatic carbocycles. The van der Waals surface area contributed by atoms with Gasteiger partial charge in [0.1, 0.15) is 0 Å². The van der Waals surface area contributed by atoms with Gasteiger partial charge in [0, 0.05) is 20.0 Å². The molecule has 0 aromatic rings. The van der Waals surface area contributed by atoms with E-state index in [-0.39, 0.29) is 12.0 Å². The number of aliphatic hydroxyl groups is 1. The van der Waals surface area contributed by atoms with Gasteiger partial charge in [0.2, 0.25) is 5.91 Å². The summed E-state index contributed by atoms with van der Waals surface area (Å²) >= 11 is 0. The Morgan fingerprint density at radius 2 is 2.18 bits per heavy atom. The largest absolute Gasteiger partial charge is 0.393 e. The Morgan fingerprint density at radius 1 is 1.47 bits per heavy atom. The van der Waals surface area contributed by atoms with Crippen molar-refractivity contribution in [2.45, 2.75) is 58.5 Å². The molecule has 1 N–H and O–H groups in total. The van der Waals surface area contributed by atoms with Crippen LogP contribution in [-0.4, -0.2) is 35.6 Å². The Hall–Kier alpha value is -0.570. The summed E-state index contributed by atoms with van der Waals surface area (Å²) in [6, 6.07) is 0. The lowest BCUT2D eigenvalue weighted by Crippen LogP contribution is -2.31. The molecule has 17 heavy (non-hydrogen) atoms. The molecular weight excluding hydrogens is 214 g/mol. The third kappa shape index (κ3) is 5.53. The molecule has 0 spiro atoms. The Labute approximate surface area is 105 Å². The first-order chi connectivity index (χ1) is 7.99. The molecule has 1 aliphatic rings. The van der Waals surface area contributed by atoms with Crippen LogP contribution in [0.1, 0.15) is 52.4 Å². The summed E-state index contributed by atoms with van der Waals surface area (Å²) in [6.07, 6.45) is 6.05. The van der Waals surface area contributed by atoms with Crippen LogP contribution in [0.4, 0.5) is 0 Å². The molecule has 0 bridgehead atoms. The van der Waals surface area contributed by atoms with Crippen LogP contribution < -0.4 is 0 Å². The van der Waals surface area contributed by atoms with Crippen LogP contribution in [0.5, 0.6) is 0 Å². The molecule has 1 rings (SSSR count). The zero-order valence-corrected chi connectivity index (χ0v) is 11.5. The zero-order valence-electron chi connectivity index (χ0n) is 11.5. The van der Waals surface area contributed by atoms with Crippen LogP contribution >= 0.6 is 0 Å². The Kier molecular flexibility index (Phi) is 5.96. The van der Waals surface area contributed by atoms with E-state index in [2.05, 4.69) is 6.92 Å². The van der Waals surface area contributed by atoms with Crippen molar-refractivity contribution in [3.63, 3.8) is 0 Å². The zero-order chi connectivity index (χ0) is 12.8. The number of hydrogen-bond donors (Lipinski definition) is 1. The number of carbonyl (C=O) groups is 1. The van der Waals surface area contributed by atoms with Crippen molar-refractivity contribution >= 4 is 5.91 Å². The molecule has 3 nitrogen and oxygen atoms in total. The van der Waals surface area contributed by atoms with E-state index in [1.807, 2.05) is 7.05 Å². The highest BCUT2D eigenvalue weighted by atomic mass is 16.3. The lowest BCUT2D eigenvalue weighted by Gasteiger charge is -2.28. The van der Waals surface area contributed by atoms with Crippen molar-refractivity contribution < 1.29 is 9.90 Å². The summed E-state index contributed by atoms with van der Waals surface area (Å²) in [7, 11) is 1.84. The van der Waals surface area contributed by atoms with Crippen LogP contribution in [0.25, 0.3) is 0 Å². The molecule has 0 aliphatic heterocycles. The fourth-order valence-corrected chi connectivity index (χ4v) is 2.65. The SMILES string of the molecule is CC(O)CCN(C)C(=O)CC1CCCC(C)C1. The van der Waals surface area contributed by atoms with Gasteiger partial charge in [0.15, 0.2) is 0 Å². The van der Waals surface area contributed by atoms with E-state index < -0.39 is 0 Å². The standard InChI is InChI=1S/C14H27NO2/c1-11-5-4-6-13(9-11)10-14(17)15(3)8-7-12(2)16/h11-13,16H,4-10H2,1-3H3. The van der Waals surface area contributed by atoms with E-state index in [4.69, 9.17) is 0 Å². The maximum Gasteiger partial charge on any atom is 0.222 e. The minimum absolute atomic E-state index is 0.241. The third-order valence-electron chi connectivity index (χ3n) is 3.82. The Morgan fingerprint density at radius 3 is 2.76 bits per heavy atom. The average molecular weight is 241 g/mol. The molecule has 0 aromatic carbocycles. The molecular formula is C14H27NO2. The van der Waals surface area contributed by atoms with E-state index in [1.54, 1.807) is 11.8 Å². The van der Waals surface area contributed by atoms with Gasteiger partial charge in [-0.15, -0.1) is 0 Å². The average Bonchev–Trinajstić information content (AvgIpc) is 2.25. The second-order valence-electron chi connectivity index (χ2n) is 5.79. The minimum atomic E-state index is -0.319. The molecule has 0 heterocycles. The van der Waals surface area contributed by atoms with Crippen molar-refractivity contribution in [2.24, 2.45) is 11.8 Å². The summed E-state index contributed by atoms with van der Waals surface area (Å²) in [5, 5.41) is 9.20. The minimum Gasteiger partial charge on any atom is -0.393 e. The highest BCUT2D eigenvalue weighted by Gasteiger charge is 2.22. The molecule has 3 heteroatoms. The number of nitrogens with zero attached hydrogens (tertiary/aromatic N) is 1. The second kappa shape index (κ2) is 7.00. The highest BCUT2D eigenvalue weighted by molar-refractivity contribution is 5.76. The summed E-state index contributed by atoms with van der Waals surface area (Å²) in [6.45, 7) is 4.72. The predicted octanol–water partition coefficient (Wildman–Crippen LogP) is 2.43. The molecule has 1 saturated carbocycles. The molecule has 1 fully saturated rings. The van der Waals surface area contributed by atoms with Gasteiger partial charge in [0.25, 0.3) is 0 Å². The number of hydrogen-bond acceptors (Lipinski definition) is 2. The fraction of sp³-hybridized carbons (Fsp3) is 0.929. The summed E-state index contributed by atoms with van der Waals surface area (Å²) in [5.41, 5.74) is 0. The van der Waals surface area contributed by atoms with Crippen LogP contribution in [0, 0.1) is 11.8 Å². The summed E-state index contributed by atoms with van der Waals surface area (Å²) in [5.74, 6) is 1.61. The van der Waals surface area contributed by atoms with Gasteiger partial charge < -0.3 is 10.0 Å². The second-order valence-corrected chi connectivity index (χ2v) is 5.79. The Balaban J connectivity index is 2.27.